The summed E-state index contributed by atoms with van der Waals surface area (Å²) < 4.78 is 27.6. The lowest BCUT2D eigenvalue weighted by molar-refractivity contribution is -0.140. The monoisotopic (exact) mass is 987 g/mol. The molecule has 6 rings (SSSR count). The normalized spacial score (nSPS) is 18.1. The fraction of sp³-hybridized carbons (Fsp3) is 0.500. The lowest BCUT2D eigenvalue weighted by atomic mass is 9.95. The summed E-state index contributed by atoms with van der Waals surface area (Å²) in [7, 11) is 0. The average Bonchev–Trinajstić information content (AvgIpc) is 3.71. The summed E-state index contributed by atoms with van der Waals surface area (Å²) in [5.41, 5.74) is 2.47. The summed E-state index contributed by atoms with van der Waals surface area (Å²) in [5.74, 6) is -8.04. The minimum Gasteiger partial charge on any atom is -0.480 e. The van der Waals surface area contributed by atoms with Gasteiger partial charge in [0.1, 0.15) is 6.04 Å². The van der Waals surface area contributed by atoms with Crippen LogP contribution >= 0.6 is 0 Å². The van der Waals surface area contributed by atoms with Crippen molar-refractivity contribution in [2.45, 2.75) is 57.0 Å². The van der Waals surface area contributed by atoms with Crippen LogP contribution in [0.5, 0.6) is 0 Å². The predicted molar refractivity (Wildman–Crippen MR) is 252 cm³/mol. The topological polar surface area (TPSA) is 278 Å². The minimum atomic E-state index is -3.20. The summed E-state index contributed by atoms with van der Waals surface area (Å²) in [6, 6.07) is 14.2. The number of carboxylic acids is 2. The molecule has 1 aromatic heterocycles. The Morgan fingerprint density at radius 3 is 1.97 bits per heavy atom. The zero-order valence-corrected chi connectivity index (χ0v) is 39.2. The molecule has 3 aromatic rings. The third-order valence-electron chi connectivity index (χ3n) is 12.7. The van der Waals surface area contributed by atoms with Crippen LogP contribution in [0.1, 0.15) is 53.6 Å². The molecule has 2 aromatic carbocycles. The molecular weight excluding hydrogens is 929 g/mol. The van der Waals surface area contributed by atoms with Crippen molar-refractivity contribution in [3.63, 3.8) is 0 Å². The number of fused-ring (bicyclic) bond motifs is 1. The summed E-state index contributed by atoms with van der Waals surface area (Å²) in [6.45, 7) is 3.18. The van der Waals surface area contributed by atoms with Gasteiger partial charge in [-0.25, -0.2) is 8.78 Å². The van der Waals surface area contributed by atoms with Crippen LogP contribution in [-0.2, 0) is 46.5 Å². The van der Waals surface area contributed by atoms with E-state index in [4.69, 9.17) is 0 Å². The van der Waals surface area contributed by atoms with Gasteiger partial charge in [-0.15, -0.1) is 0 Å². The van der Waals surface area contributed by atoms with Crippen LogP contribution < -0.4 is 21.3 Å². The van der Waals surface area contributed by atoms with Crippen LogP contribution in [0.15, 0.2) is 54.7 Å². The van der Waals surface area contributed by atoms with Gasteiger partial charge in [0.05, 0.1) is 55.4 Å². The van der Waals surface area contributed by atoms with Gasteiger partial charge in [-0.05, 0) is 36.1 Å². The van der Waals surface area contributed by atoms with Crippen molar-refractivity contribution in [3.05, 3.63) is 71.4 Å². The molecule has 3 aliphatic rings. The fourth-order valence-electron chi connectivity index (χ4n) is 8.82. The van der Waals surface area contributed by atoms with Gasteiger partial charge < -0.3 is 41.3 Å². The molecule has 6 amide bonds. The molecule has 23 heteroatoms. The zero-order chi connectivity index (χ0) is 51.1. The molecule has 6 N–H and O–H groups in total. The highest BCUT2D eigenvalue weighted by Crippen LogP contribution is 2.32. The first-order chi connectivity index (χ1) is 34.0. The Balaban J connectivity index is 0.860. The SMILES string of the molecule is N#C[C@@H]1CC(F)(F)CN1C(=O)CNC(=O)c1ccnc2c(NC(=O)CCC(=O)NCCNC(=O)C3CCN(C(=O)Cc4ccc(CN5CCN(CC(=O)O)CCN(CC(=O)O)CC5)cc4)CC3)cccc12. The quantitative estimate of drug-likeness (QED) is 0.0905. The van der Waals surface area contributed by atoms with Crippen LogP contribution in [0.2, 0.25) is 0 Å². The van der Waals surface area contributed by atoms with E-state index in [1.165, 1.54) is 12.3 Å². The number of aliphatic carboxylic acids is 2. The van der Waals surface area contributed by atoms with Gasteiger partial charge in [-0.3, -0.25) is 58.0 Å². The number of carbonyl (C=O) groups excluding carboxylic acids is 6. The van der Waals surface area contributed by atoms with Gasteiger partial charge in [0, 0.05) is 109 Å². The highest BCUT2D eigenvalue weighted by Gasteiger charge is 2.47. The van der Waals surface area contributed by atoms with Gasteiger partial charge >= 0.3 is 11.9 Å². The number of anilines is 1. The number of hydrogen-bond donors (Lipinski definition) is 6. The van der Waals surface area contributed by atoms with Crippen molar-refractivity contribution in [2.75, 3.05) is 96.9 Å². The van der Waals surface area contributed by atoms with E-state index in [2.05, 4.69) is 31.2 Å². The molecule has 0 saturated carbocycles. The lowest BCUT2D eigenvalue weighted by Crippen LogP contribution is -2.44. The van der Waals surface area contributed by atoms with E-state index >= 15 is 0 Å². The first-order valence-electron chi connectivity index (χ1n) is 23.5. The van der Waals surface area contributed by atoms with Crippen LogP contribution in [0, 0.1) is 17.2 Å². The molecule has 0 radical (unpaired) electrons. The number of aromatic nitrogens is 1. The maximum absolute atomic E-state index is 13.8. The molecule has 3 saturated heterocycles. The summed E-state index contributed by atoms with van der Waals surface area (Å²) in [5, 5.41) is 38.8. The van der Waals surface area contributed by atoms with Crippen LogP contribution in [0.3, 0.4) is 0 Å². The Morgan fingerprint density at radius 2 is 1.34 bits per heavy atom. The van der Waals surface area contributed by atoms with Crippen LogP contribution in [0.25, 0.3) is 10.9 Å². The predicted octanol–water partition coefficient (Wildman–Crippen LogP) is 0.746. The van der Waals surface area contributed by atoms with Gasteiger partial charge in [0.2, 0.25) is 29.5 Å². The Morgan fingerprint density at radius 1 is 0.732 bits per heavy atom. The van der Waals surface area contributed by atoms with E-state index in [0.717, 1.165) is 16.0 Å². The van der Waals surface area contributed by atoms with E-state index in [0.29, 0.717) is 77.1 Å². The molecule has 380 valence electrons. The van der Waals surface area contributed by atoms with Crippen molar-refractivity contribution >= 4 is 64.0 Å². The number of carboxylic acid groups (broad SMARTS) is 2. The van der Waals surface area contributed by atoms with Crippen molar-refractivity contribution in [2.24, 2.45) is 5.92 Å². The number of pyridine rings is 1. The van der Waals surface area contributed by atoms with E-state index < -0.39 is 67.0 Å². The second kappa shape index (κ2) is 25.1. The smallest absolute Gasteiger partial charge is 0.317 e. The van der Waals surface area contributed by atoms with Crippen molar-refractivity contribution < 1.29 is 57.4 Å². The number of carbonyl (C=O) groups is 8. The molecule has 0 unspecified atom stereocenters. The number of likely N-dealkylation sites (tertiary alicyclic amines) is 2. The molecule has 1 atom stereocenters. The molecule has 0 spiro atoms. The summed E-state index contributed by atoms with van der Waals surface area (Å²) in [4.78, 5) is 113. The number of alkyl halides is 2. The van der Waals surface area contributed by atoms with Gasteiger partial charge in [0.15, 0.2) is 0 Å². The number of nitrogens with zero attached hydrogens (tertiary/aromatic N) is 7. The number of piperidine rings is 1. The molecule has 4 heterocycles. The number of hydrogen-bond acceptors (Lipinski definition) is 13. The molecule has 3 aliphatic heterocycles. The molecular formula is C48H59F2N11O10. The molecule has 71 heavy (non-hydrogen) atoms. The van der Waals surface area contributed by atoms with Crippen LogP contribution in [-0.4, -0.2) is 191 Å². The second-order valence-electron chi connectivity index (χ2n) is 17.9. The highest BCUT2D eigenvalue weighted by atomic mass is 19.3. The fourth-order valence-corrected chi connectivity index (χ4v) is 8.82. The molecule has 0 aliphatic carbocycles. The third kappa shape index (κ3) is 15.9. The summed E-state index contributed by atoms with van der Waals surface area (Å²) >= 11 is 0. The van der Waals surface area contributed by atoms with E-state index in [9.17, 15) is 62.6 Å². The Kier molecular flexibility index (Phi) is 18.8. The molecule has 0 bridgehead atoms. The maximum atomic E-state index is 13.8. The number of nitrogens with one attached hydrogen (secondary N) is 4. The zero-order valence-electron chi connectivity index (χ0n) is 39.2. The van der Waals surface area contributed by atoms with E-state index in [1.807, 2.05) is 34.1 Å². The van der Waals surface area contributed by atoms with E-state index in [-0.39, 0.29) is 79.9 Å². The largest absolute Gasteiger partial charge is 0.480 e. The Labute approximate surface area is 408 Å². The first-order valence-corrected chi connectivity index (χ1v) is 23.5. The minimum absolute atomic E-state index is 0.0465. The molecule has 21 nitrogen and oxygen atoms in total. The van der Waals surface area contributed by atoms with Crippen molar-refractivity contribution in [1.29, 1.82) is 5.26 Å². The number of benzene rings is 2. The number of halogens is 2. The highest BCUT2D eigenvalue weighted by molar-refractivity contribution is 6.10. The Bertz CT molecular complexity index is 2450. The maximum Gasteiger partial charge on any atom is 0.317 e. The van der Waals surface area contributed by atoms with Gasteiger partial charge in [0.25, 0.3) is 11.8 Å². The standard InChI is InChI=1S/C48H59F2N11O10/c49-48(50)25-35(26-51)61(31-48)42(65)27-55-47(71)37-10-13-53-45-36(37)2-1-3-38(45)56-40(63)9-8-39(62)52-14-15-54-46(70)34-11-16-60(17-12-34)41(64)24-32-4-6-33(7-5-32)28-57-18-20-58(29-43(66)67)22-23-59(21-19-57)30-44(68)69/h1-7,10,13,34-35H,8-9,11-12,14-25,27-31H2,(H,52,62)(H,54,70)(H,55,71)(H,56,63)(H,66,67)(H,68,69)/t35-/m0/s1. The Hall–Kier alpha value is -7.16. The van der Waals surface area contributed by atoms with Crippen molar-refractivity contribution in [3.8, 4) is 6.07 Å². The second-order valence-corrected chi connectivity index (χ2v) is 17.9. The van der Waals surface area contributed by atoms with E-state index in [1.54, 1.807) is 29.2 Å². The number of amides is 6. The van der Waals surface area contributed by atoms with Gasteiger partial charge in [-0.1, -0.05) is 36.4 Å². The lowest BCUT2D eigenvalue weighted by Gasteiger charge is -2.31. The number of para-hydroxylation sites is 1. The summed E-state index contributed by atoms with van der Waals surface area (Å²) in [6.07, 6.45) is 1.38. The van der Waals surface area contributed by atoms with Crippen LogP contribution in [0.4, 0.5) is 14.5 Å². The number of rotatable bonds is 19. The third-order valence-corrected chi connectivity index (χ3v) is 12.7. The first kappa shape index (κ1) is 53.2. The average molecular weight is 988 g/mol. The van der Waals surface area contributed by atoms with Gasteiger partial charge in [-0.2, -0.15) is 5.26 Å². The van der Waals surface area contributed by atoms with Crippen molar-refractivity contribution in [1.82, 2.24) is 45.4 Å². The molecule has 3 fully saturated rings. The number of nitriles is 1.